The summed E-state index contributed by atoms with van der Waals surface area (Å²) in [5.41, 5.74) is 0. The van der Waals surface area contributed by atoms with E-state index < -0.39 is 25.8 Å². The van der Waals surface area contributed by atoms with Crippen LogP contribution in [-0.2, 0) is 0 Å². The van der Waals surface area contributed by atoms with E-state index >= 15 is 0 Å². The van der Waals surface area contributed by atoms with E-state index in [0.717, 1.165) is 0 Å². The molecule has 0 unspecified atom stereocenters. The fraction of sp³-hybridized carbons (Fsp3) is 1.00. The van der Waals surface area contributed by atoms with Gasteiger partial charge >= 0.3 is 0 Å². The van der Waals surface area contributed by atoms with Crippen molar-refractivity contribution in [1.82, 2.24) is 4.90 Å². The molecule has 0 N–H and O–H groups in total. The summed E-state index contributed by atoms with van der Waals surface area (Å²) in [4.78, 5) is -0.438. The van der Waals surface area contributed by atoms with Crippen molar-refractivity contribution in [2.24, 2.45) is 0 Å². The van der Waals surface area contributed by atoms with Crippen LogP contribution in [0.5, 0.6) is 0 Å². The van der Waals surface area contributed by atoms with E-state index in [4.69, 9.17) is 12.3 Å². The molecule has 0 saturated heterocycles. The van der Waals surface area contributed by atoms with Gasteiger partial charge in [0.15, 0.2) is 0 Å². The topological polar surface area (TPSA) is 3.24 Å². The van der Waals surface area contributed by atoms with Crippen LogP contribution in [-0.4, -0.2) is 25.8 Å². The molecule has 0 bridgehead atoms. The standard InChI is InChI=1S/C3H9N.ClH/c1-4(2)3;/h1-3H3;1H/i1D3,2D3,3D3,4+1;. The first-order valence-electron chi connectivity index (χ1n) is 5.17. The summed E-state index contributed by atoms with van der Waals surface area (Å²) in [5.74, 6) is 0. The van der Waals surface area contributed by atoms with Crippen LogP contribution in [0, 0.1) is 0 Å². The summed E-state index contributed by atoms with van der Waals surface area (Å²) in [5, 5.41) is 0. The van der Waals surface area contributed by atoms with Gasteiger partial charge in [-0.05, 0) is 20.9 Å². The molecule has 0 saturated carbocycles. The van der Waals surface area contributed by atoms with E-state index in [1.165, 1.54) is 0 Å². The van der Waals surface area contributed by atoms with Gasteiger partial charge in [-0.2, -0.15) is 0 Å². The lowest BCUT2D eigenvalue weighted by Crippen LogP contribution is -1.99. The minimum atomic E-state index is -3.16. The highest BCUT2D eigenvalue weighted by molar-refractivity contribution is 5.85. The normalized spacial score (nSPS) is 41.4. The summed E-state index contributed by atoms with van der Waals surface area (Å²) in [6.07, 6.45) is 0. The smallest absolute Gasteiger partial charge is 0.0394 e. The lowest BCUT2D eigenvalue weighted by atomic mass is 11.2. The predicted octanol–water partition coefficient (Wildman–Crippen LogP) is 0.600. The Bertz CT molecular complexity index is 143. The highest BCUT2D eigenvalue weighted by Crippen LogP contribution is 1.47. The van der Waals surface area contributed by atoms with Gasteiger partial charge in [0.05, 0.1) is 0 Å². The Kier molecular flexibility index (Phi) is 0.537. The largest absolute Gasteiger partial charge is 0.312 e. The Morgan fingerprint density at radius 1 is 1.40 bits per heavy atom. The zero-order valence-electron chi connectivity index (χ0n) is 11.4. The van der Waals surface area contributed by atoms with Gasteiger partial charge in [-0.3, -0.25) is 0 Å². The monoisotopic (exact) mass is 105 g/mol. The molecule has 34 valence electrons. The van der Waals surface area contributed by atoms with Crippen LogP contribution in [0.1, 0.15) is 12.3 Å². The van der Waals surface area contributed by atoms with Gasteiger partial charge in [-0.25, -0.2) is 0 Å². The van der Waals surface area contributed by atoms with E-state index in [1.54, 1.807) is 0 Å². The van der Waals surface area contributed by atoms with Crippen LogP contribution in [0.3, 0.4) is 0 Å². The maximum Gasteiger partial charge on any atom is 0.0394 e. The molecule has 0 rings (SSSR count). The highest BCUT2D eigenvalue weighted by Gasteiger charge is 1.58. The van der Waals surface area contributed by atoms with Crippen molar-refractivity contribution in [3.8, 4) is 0 Å². The van der Waals surface area contributed by atoms with Gasteiger partial charge in [0, 0.05) is 12.3 Å². The molecule has 0 aromatic rings. The summed E-state index contributed by atoms with van der Waals surface area (Å²) in [6, 6.07) is 0. The fourth-order valence-corrected chi connectivity index (χ4v) is 0. The molecule has 0 aliphatic carbocycles. The average Bonchev–Trinajstić information content (AvgIpc) is 1.44. The molecule has 0 fully saturated rings. The Labute approximate surface area is 52.0 Å². The molecule has 0 aromatic heterocycles. The third-order valence-corrected chi connectivity index (χ3v) is 0. The fourth-order valence-electron chi connectivity index (χ4n) is 0. The second-order valence-electron chi connectivity index (χ2n) is 0.335. The van der Waals surface area contributed by atoms with E-state index in [1.807, 2.05) is 0 Å². The number of hydrogen-bond donors (Lipinski definition) is 0. The molecule has 0 atom stereocenters. The van der Waals surface area contributed by atoms with Crippen molar-refractivity contribution in [3.63, 3.8) is 0 Å². The second-order valence-corrected chi connectivity index (χ2v) is 0.335. The number of rotatable bonds is 0. The average molecular weight is 106 g/mol. The van der Waals surface area contributed by atoms with Crippen LogP contribution in [0.25, 0.3) is 0 Å². The van der Waals surface area contributed by atoms with Crippen molar-refractivity contribution >= 4 is 12.4 Å². The molecule has 0 aliphatic rings. The molecule has 0 heterocycles. The van der Waals surface area contributed by atoms with Crippen molar-refractivity contribution in [2.45, 2.75) is 0 Å². The Hall–Kier alpha value is 0.250. The van der Waals surface area contributed by atoms with E-state index in [2.05, 4.69) is 0 Å². The molecule has 0 radical (unpaired) electrons. The van der Waals surface area contributed by atoms with Gasteiger partial charge in [0.2, 0.25) is 0 Å². The zero-order chi connectivity index (χ0) is 11.1. The van der Waals surface area contributed by atoms with Crippen molar-refractivity contribution in [1.29, 1.82) is 0 Å². The third-order valence-electron chi connectivity index (χ3n) is 0. The highest BCUT2D eigenvalue weighted by atomic mass is 35.5. The first-order valence-corrected chi connectivity index (χ1v) is 0.671. The van der Waals surface area contributed by atoms with Gasteiger partial charge in [0.1, 0.15) is 0 Å². The van der Waals surface area contributed by atoms with Crippen LogP contribution < -0.4 is 0 Å². The zero-order valence-corrected chi connectivity index (χ0v) is 3.17. The minimum Gasteiger partial charge on any atom is -0.312 e. The van der Waals surface area contributed by atoms with Crippen molar-refractivity contribution in [2.75, 3.05) is 20.9 Å². The Morgan fingerprint density at radius 2 is 1.80 bits per heavy atom. The SMILES string of the molecule is Cl.[2H]C([2H])([2H])[15N](C([2H])([2H])[2H])C([2H])([2H])[2H]. The minimum absolute atomic E-state index is 0. The molecular formula is C3H10ClN. The van der Waals surface area contributed by atoms with Crippen LogP contribution in [0.4, 0.5) is 0 Å². The number of nitrogens with zero attached hydrogens (tertiary/aromatic N) is 1. The number of hydrogen-bond acceptors (Lipinski definition) is 1. The molecular weight excluding hydrogens is 86.5 g/mol. The quantitative estimate of drug-likeness (QED) is 0.408. The Balaban J connectivity index is 0. The van der Waals surface area contributed by atoms with Crippen LogP contribution in [0.2, 0.25) is 0 Å². The Morgan fingerprint density at radius 3 is 1.80 bits per heavy atom. The van der Waals surface area contributed by atoms with E-state index in [0.29, 0.717) is 0 Å². The van der Waals surface area contributed by atoms with Gasteiger partial charge in [-0.15, -0.1) is 12.4 Å². The molecule has 0 amide bonds. The predicted molar refractivity (Wildman–Crippen MR) is 26.9 cm³/mol. The molecule has 2 heteroatoms. The molecule has 0 aromatic carbocycles. The first-order chi connectivity index (χ1) is 5.37. The van der Waals surface area contributed by atoms with Gasteiger partial charge in [-0.1, -0.05) is 0 Å². The molecule has 0 aliphatic heterocycles. The molecule has 5 heavy (non-hydrogen) atoms. The third kappa shape index (κ3) is 344. The summed E-state index contributed by atoms with van der Waals surface area (Å²) < 4.78 is 60.7. The van der Waals surface area contributed by atoms with Crippen molar-refractivity contribution in [3.05, 3.63) is 0 Å². The summed E-state index contributed by atoms with van der Waals surface area (Å²) in [7, 11) is 0. The molecule has 1 nitrogen and oxygen atoms in total. The van der Waals surface area contributed by atoms with Crippen LogP contribution in [0.15, 0.2) is 0 Å². The van der Waals surface area contributed by atoms with Crippen LogP contribution >= 0.6 is 12.4 Å². The van der Waals surface area contributed by atoms with E-state index in [9.17, 15) is 0 Å². The summed E-state index contributed by atoms with van der Waals surface area (Å²) in [6.45, 7) is -9.47. The van der Waals surface area contributed by atoms with E-state index in [-0.39, 0.29) is 12.4 Å². The first kappa shape index (κ1) is 0.632. The van der Waals surface area contributed by atoms with Crippen molar-refractivity contribution < 1.29 is 12.3 Å². The lowest BCUT2D eigenvalue weighted by Gasteiger charge is -1.90. The van der Waals surface area contributed by atoms with Gasteiger partial charge in [0.25, 0.3) is 0 Å². The second kappa shape index (κ2) is 4.25. The maximum atomic E-state index is 6.74. The maximum absolute atomic E-state index is 6.74. The lowest BCUT2D eigenvalue weighted by molar-refractivity contribution is 0.505. The summed E-state index contributed by atoms with van der Waals surface area (Å²) >= 11 is 0. The number of halogens is 1. The van der Waals surface area contributed by atoms with Gasteiger partial charge < -0.3 is 4.90 Å². The molecule has 0 spiro atoms.